The van der Waals surface area contributed by atoms with E-state index in [0.29, 0.717) is 33.6 Å². The third-order valence-electron chi connectivity index (χ3n) is 15.3. The van der Waals surface area contributed by atoms with Crippen molar-refractivity contribution in [3.8, 4) is 73.1 Å². The smallest absolute Gasteiger partial charge is 0.308 e. The van der Waals surface area contributed by atoms with Gasteiger partial charge in [0.1, 0.15) is 11.6 Å². The molecular weight excluding hydrogens is 952 g/mol. The van der Waals surface area contributed by atoms with Gasteiger partial charge >= 0.3 is 6.18 Å². The van der Waals surface area contributed by atoms with Gasteiger partial charge in [0, 0.05) is 21.5 Å². The van der Waals surface area contributed by atoms with Crippen molar-refractivity contribution < 1.29 is 13.2 Å². The summed E-state index contributed by atoms with van der Waals surface area (Å²) < 4.78 is 47.8. The lowest BCUT2D eigenvalue weighted by atomic mass is 9.95. The maximum Gasteiger partial charge on any atom is 0.416 e. The van der Waals surface area contributed by atoms with Crippen LogP contribution in [0.25, 0.3) is 111 Å². The Morgan fingerprint density at radius 2 is 0.623 bits per heavy atom. The third-order valence-corrected chi connectivity index (χ3v) is 15.3. The summed E-state index contributed by atoms with van der Waals surface area (Å²) in [6.45, 7) is 18.6. The molecule has 0 atom stereocenters. The van der Waals surface area contributed by atoms with Crippen LogP contribution in [0.15, 0.2) is 176 Å². The highest BCUT2D eigenvalue weighted by atomic mass is 19.4. The zero-order valence-corrected chi connectivity index (χ0v) is 44.7. The number of hydrogen-bond acceptors (Lipinski definition) is 1. The largest absolute Gasteiger partial charge is 0.416 e. The fraction of sp³-hybridized carbons (Fsp3) is 0.141. The van der Waals surface area contributed by atoms with Gasteiger partial charge in [-0.25, -0.2) is 0 Å². The molecule has 12 rings (SSSR count). The predicted molar refractivity (Wildman–Crippen MR) is 315 cm³/mol. The highest BCUT2D eigenvalue weighted by Crippen LogP contribution is 2.45. The molecule has 0 fully saturated rings. The molecule has 3 nitrogen and oxygen atoms in total. The van der Waals surface area contributed by atoms with Crippen LogP contribution in [0.1, 0.15) is 61.2 Å². The van der Waals surface area contributed by atoms with Crippen molar-refractivity contribution in [1.29, 1.82) is 5.26 Å². The SMILES string of the molecule is Cc1cc(C)cc(-c2ccc3c4ccc(-c5cc(C)cc(C)c5)cc4n(-c4cc(-c5ccc(C(F)(F)F)cc5C)cc(-n5c6cc(-c7cc(C)cc(C)c7)ccc6c6ccc(-c7cc(C)cc(C)c7)cc65)c4C#N)c3c2)c1. The standard InChI is InChI=1S/C71H56F3N3/c1-40-20-41(2)25-53(24-40)49-10-15-60-61-16-11-50(54-26-42(3)21-43(4)27-54)34-66(61)76(65(60)33-49)69-37-57(59-19-14-58(32-48(59)9)71(72,73)74)38-70(64(69)39-75)77-67-35-51(55-28-44(5)22-45(6)29-55)12-17-62(67)63-18-13-52(36-68(63)77)56-30-46(7)23-47(8)31-56/h10-38H,1-9H3. The van der Waals surface area contributed by atoms with E-state index in [1.807, 2.05) is 12.1 Å². The second-order valence-electron chi connectivity index (χ2n) is 21.6. The number of fused-ring (bicyclic) bond motifs is 6. The number of alkyl halides is 3. The normalized spacial score (nSPS) is 11.9. The Bertz CT molecular complexity index is 3950. The summed E-state index contributed by atoms with van der Waals surface area (Å²) in [5.74, 6) is 0. The van der Waals surface area contributed by atoms with E-state index in [-0.39, 0.29) is 0 Å². The number of benzene rings is 10. The molecule has 0 amide bonds. The third kappa shape index (κ3) is 8.76. The van der Waals surface area contributed by atoms with Crippen LogP contribution < -0.4 is 0 Å². The quantitative estimate of drug-likeness (QED) is 0.157. The fourth-order valence-electron chi connectivity index (χ4n) is 12.2. The van der Waals surface area contributed by atoms with E-state index < -0.39 is 11.7 Å². The molecular formula is C71H56F3N3. The first-order valence-corrected chi connectivity index (χ1v) is 26.2. The highest BCUT2D eigenvalue weighted by Gasteiger charge is 2.31. The van der Waals surface area contributed by atoms with Crippen molar-refractivity contribution in [2.24, 2.45) is 0 Å². The van der Waals surface area contributed by atoms with Gasteiger partial charge in [0.25, 0.3) is 0 Å². The summed E-state index contributed by atoms with van der Waals surface area (Å²) in [4.78, 5) is 0. The molecule has 0 spiro atoms. The minimum Gasteiger partial charge on any atom is -0.308 e. The van der Waals surface area contributed by atoms with Gasteiger partial charge in [-0.2, -0.15) is 18.4 Å². The number of halogens is 3. The Morgan fingerprint density at radius 3 is 0.883 bits per heavy atom. The minimum absolute atomic E-state index is 0.415. The second kappa shape index (κ2) is 18.4. The van der Waals surface area contributed by atoms with E-state index in [4.69, 9.17) is 0 Å². The number of rotatable bonds is 7. The number of hydrogen-bond donors (Lipinski definition) is 0. The van der Waals surface area contributed by atoms with Crippen LogP contribution in [0.4, 0.5) is 13.2 Å². The van der Waals surface area contributed by atoms with Crippen molar-refractivity contribution in [3.05, 3.63) is 237 Å². The fourth-order valence-corrected chi connectivity index (χ4v) is 12.2. The van der Waals surface area contributed by atoms with Crippen LogP contribution >= 0.6 is 0 Å². The van der Waals surface area contributed by atoms with Crippen molar-refractivity contribution in [2.45, 2.75) is 68.5 Å². The number of nitriles is 1. The van der Waals surface area contributed by atoms with Gasteiger partial charge in [0.2, 0.25) is 0 Å². The van der Waals surface area contributed by atoms with Gasteiger partial charge in [-0.3, -0.25) is 0 Å². The lowest BCUT2D eigenvalue weighted by Gasteiger charge is -2.20. The molecule has 0 aliphatic rings. The Morgan fingerprint density at radius 1 is 0.325 bits per heavy atom. The molecule has 0 aliphatic carbocycles. The average Bonchev–Trinajstić information content (AvgIpc) is 4.15. The zero-order valence-electron chi connectivity index (χ0n) is 44.7. The van der Waals surface area contributed by atoms with E-state index in [0.717, 1.165) is 133 Å². The molecule has 10 aromatic carbocycles. The maximum absolute atomic E-state index is 14.4. The molecule has 0 unspecified atom stereocenters. The molecule has 0 saturated heterocycles. The zero-order chi connectivity index (χ0) is 53.8. The van der Waals surface area contributed by atoms with E-state index in [1.54, 1.807) is 13.0 Å². The van der Waals surface area contributed by atoms with Crippen LogP contribution in [0.3, 0.4) is 0 Å². The minimum atomic E-state index is -4.53. The molecule has 376 valence electrons. The Balaban J connectivity index is 1.25. The maximum atomic E-state index is 14.4. The summed E-state index contributed by atoms with van der Waals surface area (Å²) in [6, 6.07) is 63.4. The topological polar surface area (TPSA) is 33.6 Å². The van der Waals surface area contributed by atoms with Crippen LogP contribution in [-0.2, 0) is 6.18 Å². The van der Waals surface area contributed by atoms with E-state index in [1.165, 1.54) is 12.1 Å². The monoisotopic (exact) mass is 1010 g/mol. The Kier molecular flexibility index (Phi) is 11.7. The highest BCUT2D eigenvalue weighted by molar-refractivity contribution is 6.13. The Labute approximate surface area is 447 Å². The van der Waals surface area contributed by atoms with Gasteiger partial charge in [-0.05, 0) is 172 Å². The van der Waals surface area contributed by atoms with Crippen molar-refractivity contribution >= 4 is 43.6 Å². The molecule has 6 heteroatoms. The van der Waals surface area contributed by atoms with Crippen molar-refractivity contribution in [3.63, 3.8) is 0 Å². The van der Waals surface area contributed by atoms with Gasteiger partial charge in [0.15, 0.2) is 0 Å². The van der Waals surface area contributed by atoms with Gasteiger partial charge in [-0.1, -0.05) is 172 Å². The number of aryl methyl sites for hydroxylation is 9. The first-order chi connectivity index (χ1) is 36.9. The summed E-state index contributed by atoms with van der Waals surface area (Å²) in [6.07, 6.45) is -4.53. The molecule has 12 aromatic rings. The lowest BCUT2D eigenvalue weighted by molar-refractivity contribution is -0.137. The molecule has 2 aromatic heterocycles. The molecule has 0 N–H and O–H groups in total. The summed E-state index contributed by atoms with van der Waals surface area (Å²) >= 11 is 0. The van der Waals surface area contributed by atoms with Crippen molar-refractivity contribution in [1.82, 2.24) is 9.13 Å². The predicted octanol–water partition coefficient (Wildman–Crippen LogP) is 19.9. The average molecular weight is 1010 g/mol. The summed E-state index contributed by atoms with van der Waals surface area (Å²) in [7, 11) is 0. The molecule has 77 heavy (non-hydrogen) atoms. The number of aromatic nitrogens is 2. The Hall–Kier alpha value is -8.92. The lowest BCUT2D eigenvalue weighted by Crippen LogP contribution is -2.07. The van der Waals surface area contributed by atoms with Crippen LogP contribution in [0.2, 0.25) is 0 Å². The molecule has 0 saturated carbocycles. The summed E-state index contributed by atoms with van der Waals surface area (Å²) in [5, 5.41) is 16.1. The first-order valence-electron chi connectivity index (χ1n) is 26.2. The van der Waals surface area contributed by atoms with E-state index in [9.17, 15) is 18.4 Å². The summed E-state index contributed by atoms with van der Waals surface area (Å²) in [5.41, 5.74) is 23.9. The molecule has 0 aliphatic heterocycles. The van der Waals surface area contributed by atoms with Gasteiger partial charge in [-0.15, -0.1) is 0 Å². The number of nitrogens with zero attached hydrogens (tertiary/aromatic N) is 3. The van der Waals surface area contributed by atoms with Crippen LogP contribution in [-0.4, -0.2) is 9.13 Å². The van der Waals surface area contributed by atoms with Crippen LogP contribution in [0.5, 0.6) is 0 Å². The van der Waals surface area contributed by atoms with E-state index in [2.05, 4.69) is 216 Å². The van der Waals surface area contributed by atoms with Crippen molar-refractivity contribution in [2.75, 3.05) is 0 Å². The molecule has 2 heterocycles. The van der Waals surface area contributed by atoms with Crippen LogP contribution in [0, 0.1) is 73.6 Å². The van der Waals surface area contributed by atoms with Gasteiger partial charge in [0.05, 0.1) is 39.0 Å². The molecule has 0 bridgehead atoms. The first kappa shape index (κ1) is 49.0. The van der Waals surface area contributed by atoms with E-state index >= 15 is 0 Å². The second-order valence-corrected chi connectivity index (χ2v) is 21.6. The van der Waals surface area contributed by atoms with Gasteiger partial charge < -0.3 is 9.13 Å². The molecule has 0 radical (unpaired) electrons.